The lowest BCUT2D eigenvalue weighted by Crippen LogP contribution is -2.46. The molecular formula is C12H17NO4. The third kappa shape index (κ3) is 2.38. The highest BCUT2D eigenvalue weighted by atomic mass is 16.4. The van der Waals surface area contributed by atoms with E-state index in [9.17, 15) is 14.4 Å². The quantitative estimate of drug-likeness (QED) is 0.748. The van der Waals surface area contributed by atoms with Crippen LogP contribution in [0, 0.1) is 5.92 Å². The Hall–Kier alpha value is -1.65. The van der Waals surface area contributed by atoms with Gasteiger partial charge in [-0.15, -0.1) is 0 Å². The summed E-state index contributed by atoms with van der Waals surface area (Å²) in [5.74, 6) is -2.01. The number of carboxylic acids is 1. The maximum Gasteiger partial charge on any atom is 0.326 e. The Bertz CT molecular complexity index is 385. The van der Waals surface area contributed by atoms with Crippen LogP contribution in [0.1, 0.15) is 34.1 Å². The molecule has 5 nitrogen and oxygen atoms in total. The molecule has 17 heavy (non-hydrogen) atoms. The summed E-state index contributed by atoms with van der Waals surface area (Å²) in [6.45, 7) is 6.80. The highest BCUT2D eigenvalue weighted by Gasteiger charge is 2.41. The van der Waals surface area contributed by atoms with Crippen LogP contribution < -0.4 is 0 Å². The Kier molecular flexibility index (Phi) is 3.70. The molecule has 0 saturated carbocycles. The minimum absolute atomic E-state index is 0.0953. The SMILES string of the molecule is CC1=C(C)C(=O)N([C@@H](CC(C)C)C(=O)O)C1=O. The number of aliphatic carboxylic acids is 1. The third-order valence-electron chi connectivity index (χ3n) is 2.93. The van der Waals surface area contributed by atoms with Gasteiger partial charge in [0, 0.05) is 11.1 Å². The van der Waals surface area contributed by atoms with Crippen molar-refractivity contribution in [3.63, 3.8) is 0 Å². The number of carbonyl (C=O) groups excluding carboxylic acids is 2. The Morgan fingerprint density at radius 1 is 1.18 bits per heavy atom. The molecule has 0 bridgehead atoms. The summed E-state index contributed by atoms with van der Waals surface area (Å²) in [6.07, 6.45) is 0.271. The largest absolute Gasteiger partial charge is 0.480 e. The normalized spacial score (nSPS) is 18.3. The first-order chi connectivity index (χ1) is 7.77. The van der Waals surface area contributed by atoms with Crippen molar-refractivity contribution in [1.29, 1.82) is 0 Å². The van der Waals surface area contributed by atoms with E-state index in [4.69, 9.17) is 5.11 Å². The van der Waals surface area contributed by atoms with Crippen molar-refractivity contribution < 1.29 is 19.5 Å². The zero-order chi connectivity index (χ0) is 13.3. The fourth-order valence-corrected chi connectivity index (χ4v) is 1.82. The molecule has 1 aliphatic heterocycles. The number of hydrogen-bond acceptors (Lipinski definition) is 3. The van der Waals surface area contributed by atoms with Gasteiger partial charge in [-0.2, -0.15) is 0 Å². The van der Waals surface area contributed by atoms with Gasteiger partial charge in [0.05, 0.1) is 0 Å². The first-order valence-corrected chi connectivity index (χ1v) is 5.55. The maximum absolute atomic E-state index is 11.8. The molecule has 1 N–H and O–H groups in total. The molecular weight excluding hydrogens is 222 g/mol. The molecule has 0 aromatic heterocycles. The van der Waals surface area contributed by atoms with Crippen molar-refractivity contribution in [3.05, 3.63) is 11.1 Å². The summed E-state index contributed by atoms with van der Waals surface area (Å²) in [4.78, 5) is 35.7. The van der Waals surface area contributed by atoms with Crippen LogP contribution in [0.3, 0.4) is 0 Å². The maximum atomic E-state index is 11.8. The molecule has 2 amide bonds. The second-order valence-electron chi connectivity index (χ2n) is 4.71. The minimum atomic E-state index is -1.14. The Morgan fingerprint density at radius 2 is 1.59 bits per heavy atom. The van der Waals surface area contributed by atoms with E-state index < -0.39 is 23.8 Å². The lowest BCUT2D eigenvalue weighted by atomic mass is 10.0. The van der Waals surface area contributed by atoms with E-state index in [1.54, 1.807) is 13.8 Å². The van der Waals surface area contributed by atoms with Crippen LogP contribution in [0.4, 0.5) is 0 Å². The van der Waals surface area contributed by atoms with Gasteiger partial charge in [-0.25, -0.2) is 4.79 Å². The van der Waals surface area contributed by atoms with Gasteiger partial charge >= 0.3 is 5.97 Å². The molecule has 0 unspecified atom stereocenters. The van der Waals surface area contributed by atoms with Gasteiger partial charge in [0.15, 0.2) is 0 Å². The number of carboxylic acid groups (broad SMARTS) is 1. The third-order valence-corrected chi connectivity index (χ3v) is 2.93. The van der Waals surface area contributed by atoms with Gasteiger partial charge in [0.1, 0.15) is 6.04 Å². The zero-order valence-electron chi connectivity index (χ0n) is 10.5. The van der Waals surface area contributed by atoms with Crippen LogP contribution in [0.5, 0.6) is 0 Å². The Labute approximate surface area is 100 Å². The van der Waals surface area contributed by atoms with Crippen LogP contribution in [-0.2, 0) is 14.4 Å². The van der Waals surface area contributed by atoms with Gasteiger partial charge in [0.25, 0.3) is 11.8 Å². The zero-order valence-corrected chi connectivity index (χ0v) is 10.5. The molecule has 0 fully saturated rings. The summed E-state index contributed by atoms with van der Waals surface area (Å²) < 4.78 is 0. The van der Waals surface area contributed by atoms with Crippen LogP contribution >= 0.6 is 0 Å². The van der Waals surface area contributed by atoms with Gasteiger partial charge in [-0.05, 0) is 26.2 Å². The van der Waals surface area contributed by atoms with Crippen molar-refractivity contribution in [2.45, 2.75) is 40.2 Å². The van der Waals surface area contributed by atoms with Crippen molar-refractivity contribution >= 4 is 17.8 Å². The predicted molar refractivity (Wildman–Crippen MR) is 61.1 cm³/mol. The summed E-state index contributed by atoms with van der Waals surface area (Å²) >= 11 is 0. The fraction of sp³-hybridized carbons (Fsp3) is 0.583. The smallest absolute Gasteiger partial charge is 0.326 e. The van der Waals surface area contributed by atoms with Crippen molar-refractivity contribution in [2.24, 2.45) is 5.92 Å². The lowest BCUT2D eigenvalue weighted by molar-refractivity contribution is -0.154. The van der Waals surface area contributed by atoms with Crippen LogP contribution in [0.15, 0.2) is 11.1 Å². The predicted octanol–water partition coefficient (Wildman–Crippen LogP) is 1.19. The summed E-state index contributed by atoms with van der Waals surface area (Å²) in [7, 11) is 0. The molecule has 0 aromatic rings. The second kappa shape index (κ2) is 4.69. The van der Waals surface area contributed by atoms with E-state index in [-0.39, 0.29) is 12.3 Å². The van der Waals surface area contributed by atoms with Gasteiger partial charge in [-0.3, -0.25) is 14.5 Å². The Balaban J connectivity index is 3.03. The monoisotopic (exact) mass is 239 g/mol. The van der Waals surface area contributed by atoms with Crippen molar-refractivity contribution in [3.8, 4) is 0 Å². The first-order valence-electron chi connectivity index (χ1n) is 5.55. The standard InChI is InChI=1S/C12H17NO4/c1-6(2)5-9(12(16)17)13-10(14)7(3)8(4)11(13)15/h6,9H,5H2,1-4H3,(H,16,17)/t9-/m0/s1. The first kappa shape index (κ1) is 13.4. The average Bonchev–Trinajstić information content (AvgIpc) is 2.40. The van der Waals surface area contributed by atoms with E-state index in [1.165, 1.54) is 0 Å². The van der Waals surface area contributed by atoms with Crippen molar-refractivity contribution in [2.75, 3.05) is 0 Å². The highest BCUT2D eigenvalue weighted by molar-refractivity contribution is 6.20. The number of hydrogen-bond donors (Lipinski definition) is 1. The molecule has 0 aromatic carbocycles. The van der Waals surface area contributed by atoms with E-state index in [2.05, 4.69) is 0 Å². The molecule has 1 atom stereocenters. The number of rotatable bonds is 4. The summed E-state index contributed by atoms with van der Waals surface area (Å²) in [6, 6.07) is -1.07. The molecule has 0 saturated heterocycles. The molecule has 0 radical (unpaired) electrons. The number of imide groups is 1. The molecule has 94 valence electrons. The van der Waals surface area contributed by atoms with Crippen LogP contribution in [-0.4, -0.2) is 33.8 Å². The molecule has 1 heterocycles. The average molecular weight is 239 g/mol. The highest BCUT2D eigenvalue weighted by Crippen LogP contribution is 2.24. The van der Waals surface area contributed by atoms with Gasteiger partial charge < -0.3 is 5.11 Å². The molecule has 1 aliphatic rings. The van der Waals surface area contributed by atoms with Gasteiger partial charge in [-0.1, -0.05) is 13.8 Å². The fourth-order valence-electron chi connectivity index (χ4n) is 1.82. The van der Waals surface area contributed by atoms with E-state index >= 15 is 0 Å². The molecule has 5 heteroatoms. The van der Waals surface area contributed by atoms with Crippen LogP contribution in [0.25, 0.3) is 0 Å². The number of amides is 2. The van der Waals surface area contributed by atoms with Crippen molar-refractivity contribution in [1.82, 2.24) is 4.90 Å². The minimum Gasteiger partial charge on any atom is -0.480 e. The molecule has 0 aliphatic carbocycles. The number of nitrogens with zero attached hydrogens (tertiary/aromatic N) is 1. The topological polar surface area (TPSA) is 74.7 Å². The Morgan fingerprint density at radius 3 is 1.88 bits per heavy atom. The number of carbonyl (C=O) groups is 3. The van der Waals surface area contributed by atoms with Gasteiger partial charge in [0.2, 0.25) is 0 Å². The summed E-state index contributed by atoms with van der Waals surface area (Å²) in [5.41, 5.74) is 0.676. The lowest BCUT2D eigenvalue weighted by Gasteiger charge is -2.24. The van der Waals surface area contributed by atoms with E-state index in [1.807, 2.05) is 13.8 Å². The van der Waals surface area contributed by atoms with E-state index in [0.717, 1.165) is 4.90 Å². The second-order valence-corrected chi connectivity index (χ2v) is 4.71. The van der Waals surface area contributed by atoms with E-state index in [0.29, 0.717) is 11.1 Å². The summed E-state index contributed by atoms with van der Waals surface area (Å²) in [5, 5.41) is 9.13. The van der Waals surface area contributed by atoms with Crippen LogP contribution in [0.2, 0.25) is 0 Å². The molecule has 0 spiro atoms. The molecule has 1 rings (SSSR count).